The van der Waals surface area contributed by atoms with E-state index in [0.717, 1.165) is 16.9 Å². The summed E-state index contributed by atoms with van der Waals surface area (Å²) in [5.41, 5.74) is 2.15. The third kappa shape index (κ3) is 4.33. The van der Waals surface area contributed by atoms with Crippen molar-refractivity contribution in [2.75, 3.05) is 12.0 Å². The summed E-state index contributed by atoms with van der Waals surface area (Å²) >= 11 is 0. The normalized spacial score (nSPS) is 15.6. The second-order valence-electron chi connectivity index (χ2n) is 6.89. The van der Waals surface area contributed by atoms with E-state index in [1.807, 2.05) is 24.3 Å². The highest BCUT2D eigenvalue weighted by Crippen LogP contribution is 2.34. The summed E-state index contributed by atoms with van der Waals surface area (Å²) in [6.07, 6.45) is 1.10. The average Bonchev–Trinajstić information content (AvgIpc) is 3.05. The summed E-state index contributed by atoms with van der Waals surface area (Å²) in [6, 6.07) is 11.4. The number of carbonyl (C=O) groups excluding carboxylic acids is 2. The van der Waals surface area contributed by atoms with Crippen LogP contribution in [0.25, 0.3) is 0 Å². The number of nitrogens with zero attached hydrogens (tertiary/aromatic N) is 1. The molecular formula is C21H24N2O5S. The number of rotatable bonds is 7. The van der Waals surface area contributed by atoms with Gasteiger partial charge in [0.1, 0.15) is 5.75 Å². The molecule has 0 saturated carbocycles. The lowest BCUT2D eigenvalue weighted by atomic mass is 10.1. The minimum Gasteiger partial charge on any atom is -0.495 e. The number of aryl methyl sites for hydroxylation is 1. The number of carbonyl (C=O) groups is 2. The van der Waals surface area contributed by atoms with Crippen LogP contribution in [0.1, 0.15) is 43.9 Å². The minimum absolute atomic E-state index is 0.0437. The van der Waals surface area contributed by atoms with E-state index in [4.69, 9.17) is 4.74 Å². The Morgan fingerprint density at radius 3 is 2.24 bits per heavy atom. The number of imide groups is 1. The van der Waals surface area contributed by atoms with Gasteiger partial charge in [-0.25, -0.2) is 18.0 Å². The molecule has 0 aromatic heterocycles. The Morgan fingerprint density at radius 2 is 1.69 bits per heavy atom. The predicted octanol–water partition coefficient (Wildman–Crippen LogP) is 2.95. The Hall–Kier alpha value is -2.71. The van der Waals surface area contributed by atoms with E-state index >= 15 is 0 Å². The molecule has 1 unspecified atom stereocenters. The van der Waals surface area contributed by atoms with Crippen LogP contribution in [0.5, 0.6) is 5.75 Å². The van der Waals surface area contributed by atoms with E-state index in [-0.39, 0.29) is 41.0 Å². The molecule has 7 nitrogen and oxygen atoms in total. The van der Waals surface area contributed by atoms with E-state index in [1.165, 1.54) is 30.9 Å². The second-order valence-corrected chi connectivity index (χ2v) is 8.61. The Bertz CT molecular complexity index is 1020. The van der Waals surface area contributed by atoms with Crippen LogP contribution in [0, 0.1) is 0 Å². The van der Waals surface area contributed by atoms with Gasteiger partial charge in [0.05, 0.1) is 17.7 Å². The lowest BCUT2D eigenvalue weighted by Gasteiger charge is -2.20. The molecule has 154 valence electrons. The van der Waals surface area contributed by atoms with E-state index in [9.17, 15) is 18.0 Å². The van der Waals surface area contributed by atoms with Crippen LogP contribution in [0.2, 0.25) is 0 Å². The monoisotopic (exact) mass is 416 g/mol. The van der Waals surface area contributed by atoms with Crippen molar-refractivity contribution in [2.24, 2.45) is 0 Å². The molecule has 0 bridgehead atoms. The largest absolute Gasteiger partial charge is 0.495 e. The Morgan fingerprint density at radius 1 is 1.07 bits per heavy atom. The predicted molar refractivity (Wildman–Crippen MR) is 109 cm³/mol. The number of hydrogen-bond donors (Lipinski definition) is 1. The van der Waals surface area contributed by atoms with Gasteiger partial charge < -0.3 is 4.74 Å². The molecule has 29 heavy (non-hydrogen) atoms. The van der Waals surface area contributed by atoms with Crippen LogP contribution < -0.4 is 14.4 Å². The van der Waals surface area contributed by atoms with Crippen LogP contribution in [0.4, 0.5) is 5.69 Å². The molecule has 1 N–H and O–H groups in total. The summed E-state index contributed by atoms with van der Waals surface area (Å²) in [6.45, 7) is 3.81. The van der Waals surface area contributed by atoms with Gasteiger partial charge in [0.15, 0.2) is 0 Å². The maximum absolute atomic E-state index is 12.9. The molecule has 0 aliphatic carbocycles. The van der Waals surface area contributed by atoms with Crippen molar-refractivity contribution in [3.8, 4) is 5.75 Å². The van der Waals surface area contributed by atoms with Crippen molar-refractivity contribution in [3.05, 3.63) is 53.6 Å². The second kappa shape index (κ2) is 8.34. The summed E-state index contributed by atoms with van der Waals surface area (Å²) in [4.78, 5) is 25.2. The number of benzene rings is 2. The number of nitrogens with one attached hydrogen (secondary N) is 1. The zero-order valence-electron chi connectivity index (χ0n) is 16.6. The molecular weight excluding hydrogens is 392 g/mol. The molecule has 2 aromatic carbocycles. The van der Waals surface area contributed by atoms with Crippen molar-refractivity contribution in [1.82, 2.24) is 4.72 Å². The number of ether oxygens (including phenoxy) is 1. The molecule has 1 saturated heterocycles. The van der Waals surface area contributed by atoms with Crippen LogP contribution in [0.3, 0.4) is 0 Å². The standard InChI is InChI=1S/C21H24N2O5S/c1-4-15-5-7-16(8-6-15)14(2)22-29(26,27)17-9-10-19(28-3)18(13-17)23-20(24)11-12-21(23)25/h5-10,13-14,22H,4,11-12H2,1-3H3. The molecule has 1 fully saturated rings. The first kappa shape index (κ1) is 21.0. The maximum atomic E-state index is 12.9. The summed E-state index contributed by atoms with van der Waals surface area (Å²) < 4.78 is 33.7. The van der Waals surface area contributed by atoms with Gasteiger partial charge in [-0.05, 0) is 42.7 Å². The highest BCUT2D eigenvalue weighted by molar-refractivity contribution is 7.89. The van der Waals surface area contributed by atoms with Gasteiger partial charge in [0.2, 0.25) is 21.8 Å². The third-order valence-electron chi connectivity index (χ3n) is 4.97. The zero-order valence-corrected chi connectivity index (χ0v) is 17.5. The van der Waals surface area contributed by atoms with Crippen molar-refractivity contribution < 1.29 is 22.7 Å². The lowest BCUT2D eigenvalue weighted by Crippen LogP contribution is -2.30. The topological polar surface area (TPSA) is 92.8 Å². The quantitative estimate of drug-likeness (QED) is 0.701. The van der Waals surface area contributed by atoms with Gasteiger partial charge in [0, 0.05) is 18.9 Å². The molecule has 2 aromatic rings. The van der Waals surface area contributed by atoms with Gasteiger partial charge in [0.25, 0.3) is 0 Å². The van der Waals surface area contributed by atoms with Crippen molar-refractivity contribution in [2.45, 2.75) is 44.0 Å². The molecule has 8 heteroatoms. The zero-order chi connectivity index (χ0) is 21.2. The van der Waals surface area contributed by atoms with Crippen LogP contribution >= 0.6 is 0 Å². The minimum atomic E-state index is -3.89. The van der Waals surface area contributed by atoms with E-state index in [0.29, 0.717) is 0 Å². The fourth-order valence-electron chi connectivity index (χ4n) is 3.27. The Labute approximate surface area is 170 Å². The molecule has 1 heterocycles. The molecule has 0 radical (unpaired) electrons. The van der Waals surface area contributed by atoms with E-state index < -0.39 is 16.1 Å². The van der Waals surface area contributed by atoms with E-state index in [2.05, 4.69) is 11.6 Å². The summed E-state index contributed by atoms with van der Waals surface area (Å²) in [5, 5.41) is 0. The first-order chi connectivity index (χ1) is 13.8. The molecule has 1 atom stereocenters. The first-order valence-electron chi connectivity index (χ1n) is 9.41. The number of hydrogen-bond acceptors (Lipinski definition) is 5. The van der Waals surface area contributed by atoms with Gasteiger partial charge >= 0.3 is 0 Å². The third-order valence-corrected chi connectivity index (χ3v) is 6.51. The first-order valence-corrected chi connectivity index (χ1v) is 10.9. The fraction of sp³-hybridized carbons (Fsp3) is 0.333. The number of amides is 2. The molecule has 3 rings (SSSR count). The molecule has 2 amide bonds. The van der Waals surface area contributed by atoms with E-state index in [1.54, 1.807) is 6.92 Å². The van der Waals surface area contributed by atoms with Crippen LogP contribution in [0.15, 0.2) is 47.4 Å². The highest BCUT2D eigenvalue weighted by Gasteiger charge is 2.33. The maximum Gasteiger partial charge on any atom is 0.241 e. The fourth-order valence-corrected chi connectivity index (χ4v) is 4.52. The smallest absolute Gasteiger partial charge is 0.241 e. The van der Waals surface area contributed by atoms with Crippen molar-refractivity contribution in [3.63, 3.8) is 0 Å². The van der Waals surface area contributed by atoms with Gasteiger partial charge in [-0.1, -0.05) is 31.2 Å². The molecule has 1 aliphatic rings. The lowest BCUT2D eigenvalue weighted by molar-refractivity contribution is -0.121. The molecule has 1 aliphatic heterocycles. The highest BCUT2D eigenvalue weighted by atomic mass is 32.2. The van der Waals surface area contributed by atoms with Gasteiger partial charge in [-0.15, -0.1) is 0 Å². The van der Waals surface area contributed by atoms with Crippen molar-refractivity contribution in [1.29, 1.82) is 0 Å². The number of sulfonamides is 1. The number of methoxy groups -OCH3 is 1. The summed E-state index contributed by atoms with van der Waals surface area (Å²) in [7, 11) is -2.49. The van der Waals surface area contributed by atoms with Gasteiger partial charge in [-0.2, -0.15) is 0 Å². The molecule has 0 spiro atoms. The van der Waals surface area contributed by atoms with Crippen LogP contribution in [-0.2, 0) is 26.0 Å². The van der Waals surface area contributed by atoms with Crippen LogP contribution in [-0.4, -0.2) is 27.3 Å². The average molecular weight is 416 g/mol. The Balaban J connectivity index is 1.91. The number of anilines is 1. The Kier molecular flexibility index (Phi) is 6.04. The van der Waals surface area contributed by atoms with Gasteiger partial charge in [-0.3, -0.25) is 9.59 Å². The van der Waals surface area contributed by atoms with Crippen molar-refractivity contribution >= 4 is 27.5 Å². The summed E-state index contributed by atoms with van der Waals surface area (Å²) in [5.74, 6) is -0.490. The SMILES string of the molecule is CCc1ccc(C(C)NS(=O)(=O)c2ccc(OC)c(N3C(=O)CCC3=O)c2)cc1.